The van der Waals surface area contributed by atoms with Gasteiger partial charge in [0.1, 0.15) is 0 Å². The van der Waals surface area contributed by atoms with Gasteiger partial charge in [-0.15, -0.1) is 0 Å². The summed E-state index contributed by atoms with van der Waals surface area (Å²) in [5.74, 6) is 0. The number of carbonyl (C=O) groups excluding carboxylic acids is 1. The first-order valence-electron chi connectivity index (χ1n) is 8.04. The van der Waals surface area contributed by atoms with Crippen molar-refractivity contribution in [1.82, 2.24) is 5.32 Å². The van der Waals surface area contributed by atoms with Crippen LogP contribution in [0.3, 0.4) is 0 Å². The second-order valence-electron chi connectivity index (χ2n) is 5.88. The normalized spacial score (nSPS) is 15.3. The Hall–Kier alpha value is -2.29. The van der Waals surface area contributed by atoms with Gasteiger partial charge in [-0.05, 0) is 36.1 Å². The molecule has 1 saturated carbocycles. The van der Waals surface area contributed by atoms with Crippen molar-refractivity contribution in [2.45, 2.75) is 38.1 Å². The number of amides is 2. The average molecular weight is 294 g/mol. The van der Waals surface area contributed by atoms with E-state index in [0.717, 1.165) is 24.1 Å². The fourth-order valence-corrected chi connectivity index (χ4v) is 2.98. The third kappa shape index (κ3) is 3.88. The highest BCUT2D eigenvalue weighted by atomic mass is 16.2. The van der Waals surface area contributed by atoms with Crippen molar-refractivity contribution in [3.8, 4) is 11.1 Å². The molecule has 1 aliphatic rings. The summed E-state index contributed by atoms with van der Waals surface area (Å²) in [5, 5.41) is 5.98. The molecule has 0 heterocycles. The molecule has 0 aromatic heterocycles. The van der Waals surface area contributed by atoms with Crippen LogP contribution in [0.2, 0.25) is 0 Å². The second-order valence-corrected chi connectivity index (χ2v) is 5.88. The van der Waals surface area contributed by atoms with Crippen molar-refractivity contribution < 1.29 is 4.79 Å². The minimum Gasteiger partial charge on any atom is -0.335 e. The van der Waals surface area contributed by atoms with Gasteiger partial charge in [0.25, 0.3) is 0 Å². The van der Waals surface area contributed by atoms with E-state index in [2.05, 4.69) is 22.8 Å². The minimum absolute atomic E-state index is 0.0978. The fourth-order valence-electron chi connectivity index (χ4n) is 2.98. The van der Waals surface area contributed by atoms with Crippen LogP contribution in [0.25, 0.3) is 11.1 Å². The van der Waals surface area contributed by atoms with Crippen molar-refractivity contribution in [2.24, 2.45) is 0 Å². The van der Waals surface area contributed by atoms with Crippen LogP contribution in [0.5, 0.6) is 0 Å². The predicted molar refractivity (Wildman–Crippen MR) is 90.9 cm³/mol. The lowest BCUT2D eigenvalue weighted by molar-refractivity contribution is 0.244. The third-order valence-electron chi connectivity index (χ3n) is 4.19. The monoisotopic (exact) mass is 294 g/mol. The molecule has 2 aromatic carbocycles. The molecule has 0 bridgehead atoms. The zero-order valence-corrected chi connectivity index (χ0v) is 12.7. The van der Waals surface area contributed by atoms with Gasteiger partial charge in [0.15, 0.2) is 0 Å². The van der Waals surface area contributed by atoms with E-state index in [4.69, 9.17) is 0 Å². The van der Waals surface area contributed by atoms with Crippen LogP contribution in [-0.2, 0) is 0 Å². The van der Waals surface area contributed by atoms with Crippen molar-refractivity contribution >= 4 is 11.7 Å². The van der Waals surface area contributed by atoms with Gasteiger partial charge in [0.05, 0.1) is 0 Å². The fraction of sp³-hybridized carbons (Fsp3) is 0.316. The van der Waals surface area contributed by atoms with Crippen molar-refractivity contribution in [1.29, 1.82) is 0 Å². The van der Waals surface area contributed by atoms with Gasteiger partial charge in [0, 0.05) is 11.7 Å². The lowest BCUT2D eigenvalue weighted by Gasteiger charge is -2.22. The zero-order chi connectivity index (χ0) is 15.2. The quantitative estimate of drug-likeness (QED) is 0.838. The van der Waals surface area contributed by atoms with Gasteiger partial charge >= 0.3 is 6.03 Å². The molecule has 0 unspecified atom stereocenters. The Bertz CT molecular complexity index is 601. The SMILES string of the molecule is O=C(Nc1ccc(-c2ccccc2)cc1)NC1CCCCC1. The summed E-state index contributed by atoms with van der Waals surface area (Å²) in [5.41, 5.74) is 3.16. The van der Waals surface area contributed by atoms with E-state index in [0.29, 0.717) is 6.04 Å². The van der Waals surface area contributed by atoms with E-state index in [9.17, 15) is 4.79 Å². The molecular formula is C19H22N2O. The standard InChI is InChI=1S/C19H22N2O/c22-19(20-17-9-5-2-6-10-17)21-18-13-11-16(12-14-18)15-7-3-1-4-8-15/h1,3-4,7-8,11-14,17H,2,5-6,9-10H2,(H2,20,21,22). The summed E-state index contributed by atoms with van der Waals surface area (Å²) in [6, 6.07) is 18.4. The van der Waals surface area contributed by atoms with E-state index >= 15 is 0 Å². The van der Waals surface area contributed by atoms with E-state index in [1.54, 1.807) is 0 Å². The number of anilines is 1. The first-order chi connectivity index (χ1) is 10.8. The van der Waals surface area contributed by atoms with Gasteiger partial charge in [-0.1, -0.05) is 61.7 Å². The molecule has 1 fully saturated rings. The lowest BCUT2D eigenvalue weighted by Crippen LogP contribution is -2.38. The molecule has 0 saturated heterocycles. The number of nitrogens with one attached hydrogen (secondary N) is 2. The summed E-state index contributed by atoms with van der Waals surface area (Å²) >= 11 is 0. The zero-order valence-electron chi connectivity index (χ0n) is 12.7. The van der Waals surface area contributed by atoms with Crippen molar-refractivity contribution in [2.75, 3.05) is 5.32 Å². The first kappa shape index (κ1) is 14.6. The molecule has 2 aromatic rings. The molecule has 0 aliphatic heterocycles. The van der Waals surface area contributed by atoms with Crippen molar-refractivity contribution in [3.05, 3.63) is 54.6 Å². The third-order valence-corrected chi connectivity index (χ3v) is 4.19. The van der Waals surface area contributed by atoms with Gasteiger partial charge < -0.3 is 10.6 Å². The summed E-state index contributed by atoms with van der Waals surface area (Å²) < 4.78 is 0. The molecule has 114 valence electrons. The molecule has 0 atom stereocenters. The molecule has 3 rings (SSSR count). The van der Waals surface area contributed by atoms with Crippen LogP contribution in [0.15, 0.2) is 54.6 Å². The molecule has 2 amide bonds. The Morgan fingerprint density at radius 3 is 2.14 bits per heavy atom. The summed E-state index contributed by atoms with van der Waals surface area (Å²) in [7, 11) is 0. The molecule has 3 heteroatoms. The van der Waals surface area contributed by atoms with Gasteiger partial charge in [-0.3, -0.25) is 0 Å². The van der Waals surface area contributed by atoms with Crippen LogP contribution in [0, 0.1) is 0 Å². The maximum absolute atomic E-state index is 12.0. The number of hydrogen-bond acceptors (Lipinski definition) is 1. The van der Waals surface area contributed by atoms with Gasteiger partial charge in [0.2, 0.25) is 0 Å². The molecule has 0 spiro atoms. The van der Waals surface area contributed by atoms with Gasteiger partial charge in [-0.2, -0.15) is 0 Å². The van der Waals surface area contributed by atoms with Gasteiger partial charge in [-0.25, -0.2) is 4.79 Å². The Morgan fingerprint density at radius 2 is 1.45 bits per heavy atom. The molecule has 22 heavy (non-hydrogen) atoms. The van der Waals surface area contributed by atoms with E-state index in [-0.39, 0.29) is 6.03 Å². The number of benzene rings is 2. The van der Waals surface area contributed by atoms with Crippen LogP contribution < -0.4 is 10.6 Å². The van der Waals surface area contributed by atoms with Crippen LogP contribution in [0.4, 0.5) is 10.5 Å². The average Bonchev–Trinajstić information content (AvgIpc) is 2.57. The molecule has 3 nitrogen and oxygen atoms in total. The highest BCUT2D eigenvalue weighted by Crippen LogP contribution is 2.21. The van der Waals surface area contributed by atoms with Crippen molar-refractivity contribution in [3.63, 3.8) is 0 Å². The Morgan fingerprint density at radius 1 is 0.818 bits per heavy atom. The summed E-state index contributed by atoms with van der Waals surface area (Å²) in [4.78, 5) is 12.0. The topological polar surface area (TPSA) is 41.1 Å². The first-order valence-corrected chi connectivity index (χ1v) is 8.04. The maximum Gasteiger partial charge on any atom is 0.319 e. The minimum atomic E-state index is -0.0978. The number of hydrogen-bond donors (Lipinski definition) is 2. The number of rotatable bonds is 3. The maximum atomic E-state index is 12.0. The largest absolute Gasteiger partial charge is 0.335 e. The molecular weight excluding hydrogens is 272 g/mol. The van der Waals surface area contributed by atoms with E-state index in [1.165, 1.54) is 24.8 Å². The number of urea groups is 1. The summed E-state index contributed by atoms with van der Waals surface area (Å²) in [6.45, 7) is 0. The Labute approximate surface area is 131 Å². The number of carbonyl (C=O) groups is 1. The molecule has 2 N–H and O–H groups in total. The Kier molecular flexibility index (Phi) is 4.74. The van der Waals surface area contributed by atoms with E-state index < -0.39 is 0 Å². The second kappa shape index (κ2) is 7.12. The Balaban J connectivity index is 1.57. The highest BCUT2D eigenvalue weighted by molar-refractivity contribution is 5.89. The smallest absolute Gasteiger partial charge is 0.319 e. The predicted octanol–water partition coefficient (Wildman–Crippen LogP) is 4.81. The molecule has 1 aliphatic carbocycles. The lowest BCUT2D eigenvalue weighted by atomic mass is 9.96. The van der Waals surface area contributed by atoms with E-state index in [1.807, 2.05) is 42.5 Å². The van der Waals surface area contributed by atoms with Crippen LogP contribution in [-0.4, -0.2) is 12.1 Å². The van der Waals surface area contributed by atoms with Crippen LogP contribution in [0.1, 0.15) is 32.1 Å². The molecule has 0 radical (unpaired) electrons. The highest BCUT2D eigenvalue weighted by Gasteiger charge is 2.15. The summed E-state index contributed by atoms with van der Waals surface area (Å²) in [6.07, 6.45) is 5.93. The van der Waals surface area contributed by atoms with Crippen LogP contribution >= 0.6 is 0 Å².